The molecule has 0 aliphatic heterocycles. The fraction of sp³-hybridized carbons (Fsp3) is 0.0571. The summed E-state index contributed by atoms with van der Waals surface area (Å²) >= 11 is 0. The van der Waals surface area contributed by atoms with Crippen LogP contribution in [0.5, 0.6) is 0 Å². The Labute approximate surface area is 222 Å². The molecule has 1 aliphatic carbocycles. The molecule has 182 valence electrons. The van der Waals surface area contributed by atoms with E-state index in [1.165, 1.54) is 22.3 Å². The van der Waals surface area contributed by atoms with Gasteiger partial charge in [-0.05, 0) is 59.4 Å². The van der Waals surface area contributed by atoms with Crippen LogP contribution < -0.4 is 4.90 Å². The van der Waals surface area contributed by atoms with Crippen molar-refractivity contribution in [2.45, 2.75) is 12.8 Å². The molecule has 0 saturated heterocycles. The van der Waals surface area contributed by atoms with E-state index in [1.54, 1.807) is 0 Å². The number of hydrogen-bond donors (Lipinski definition) is 0. The maximum atomic E-state index is 6.62. The average Bonchev–Trinajstić information content (AvgIpc) is 3.43. The van der Waals surface area contributed by atoms with E-state index in [0.29, 0.717) is 6.01 Å². The predicted octanol–water partition coefficient (Wildman–Crippen LogP) is 9.59. The molecule has 0 atom stereocenters. The third-order valence-electron chi connectivity index (χ3n) is 7.20. The van der Waals surface area contributed by atoms with E-state index in [4.69, 9.17) is 9.40 Å². The van der Waals surface area contributed by atoms with Crippen LogP contribution in [-0.4, -0.2) is 4.98 Å². The van der Waals surface area contributed by atoms with Gasteiger partial charge in [0.1, 0.15) is 5.52 Å². The fourth-order valence-electron chi connectivity index (χ4n) is 5.31. The second-order valence-electron chi connectivity index (χ2n) is 9.55. The van der Waals surface area contributed by atoms with Gasteiger partial charge in [-0.15, -0.1) is 0 Å². The lowest BCUT2D eigenvalue weighted by Gasteiger charge is -2.24. The Morgan fingerprint density at radius 1 is 0.632 bits per heavy atom. The minimum atomic E-state index is 0.568. The smallest absolute Gasteiger partial charge is 0.307 e. The van der Waals surface area contributed by atoms with E-state index >= 15 is 0 Å². The Morgan fingerprint density at radius 2 is 1.32 bits per heavy atom. The van der Waals surface area contributed by atoms with E-state index in [-0.39, 0.29) is 0 Å². The minimum absolute atomic E-state index is 0.568. The van der Waals surface area contributed by atoms with Crippen molar-refractivity contribution in [3.05, 3.63) is 139 Å². The highest BCUT2D eigenvalue weighted by Gasteiger charge is 2.23. The molecule has 0 unspecified atom stereocenters. The molecule has 0 radical (unpaired) electrons. The van der Waals surface area contributed by atoms with Crippen LogP contribution in [0.15, 0.2) is 132 Å². The van der Waals surface area contributed by atoms with Crippen molar-refractivity contribution >= 4 is 34.6 Å². The van der Waals surface area contributed by atoms with Gasteiger partial charge in [0.15, 0.2) is 5.58 Å². The van der Waals surface area contributed by atoms with Gasteiger partial charge in [-0.1, -0.05) is 109 Å². The lowest BCUT2D eigenvalue weighted by atomic mass is 9.97. The van der Waals surface area contributed by atoms with Crippen molar-refractivity contribution in [1.82, 2.24) is 4.98 Å². The zero-order chi connectivity index (χ0) is 25.3. The summed E-state index contributed by atoms with van der Waals surface area (Å²) in [6.07, 6.45) is 6.39. The summed E-state index contributed by atoms with van der Waals surface area (Å²) in [7, 11) is 0. The van der Waals surface area contributed by atoms with Gasteiger partial charge in [0.25, 0.3) is 0 Å². The first-order valence-electron chi connectivity index (χ1n) is 13.0. The topological polar surface area (TPSA) is 29.3 Å². The molecule has 1 aliphatic rings. The number of allylic oxidation sites excluding steroid dienone is 1. The molecule has 0 bridgehead atoms. The van der Waals surface area contributed by atoms with E-state index in [0.717, 1.165) is 46.4 Å². The number of nitrogens with zero attached hydrogens (tertiary/aromatic N) is 2. The van der Waals surface area contributed by atoms with Gasteiger partial charge in [0, 0.05) is 11.1 Å². The summed E-state index contributed by atoms with van der Waals surface area (Å²) in [6.45, 7) is 0. The Morgan fingerprint density at radius 3 is 2.11 bits per heavy atom. The van der Waals surface area contributed by atoms with E-state index in [1.807, 2.05) is 12.1 Å². The molecule has 0 amide bonds. The molecule has 1 heterocycles. The number of aryl methyl sites for hydroxylation is 1. The molecule has 38 heavy (non-hydrogen) atoms. The molecular formula is C35H26N2O. The number of benzene rings is 5. The molecule has 0 N–H and O–H groups in total. The molecule has 3 nitrogen and oxygen atoms in total. The van der Waals surface area contributed by atoms with E-state index < -0.39 is 0 Å². The quantitative estimate of drug-likeness (QED) is 0.241. The van der Waals surface area contributed by atoms with Gasteiger partial charge in [-0.2, -0.15) is 4.98 Å². The van der Waals surface area contributed by atoms with Gasteiger partial charge in [0.05, 0.1) is 11.4 Å². The normalized spacial score (nSPS) is 12.4. The highest BCUT2D eigenvalue weighted by Crippen LogP contribution is 2.42. The maximum absolute atomic E-state index is 6.62. The average molecular weight is 491 g/mol. The van der Waals surface area contributed by atoms with Crippen LogP contribution in [0.3, 0.4) is 0 Å². The van der Waals surface area contributed by atoms with Crippen molar-refractivity contribution < 1.29 is 4.42 Å². The standard InChI is InChI=1S/C35H26N2O/c1-3-11-25(12-4-1)26-19-22-29(23-20-26)37(33-18-10-9-16-30(33)27-13-5-2-6-14-27)35-36-32-24-21-28-15-7-8-17-31(28)34(32)38-35/h1-7,9-16,18-24H,8,17H2. The number of para-hydroxylation sites is 1. The van der Waals surface area contributed by atoms with Crippen LogP contribution in [0, 0.1) is 0 Å². The largest absolute Gasteiger partial charge is 0.423 e. The van der Waals surface area contributed by atoms with Crippen LogP contribution in [-0.2, 0) is 6.42 Å². The number of anilines is 3. The molecule has 6 aromatic rings. The maximum Gasteiger partial charge on any atom is 0.307 e. The second-order valence-corrected chi connectivity index (χ2v) is 9.55. The van der Waals surface area contributed by atoms with Crippen LogP contribution in [0.2, 0.25) is 0 Å². The zero-order valence-electron chi connectivity index (χ0n) is 20.9. The number of fused-ring (bicyclic) bond motifs is 3. The zero-order valence-corrected chi connectivity index (χ0v) is 20.9. The van der Waals surface area contributed by atoms with Crippen molar-refractivity contribution in [3.8, 4) is 22.3 Å². The van der Waals surface area contributed by atoms with Crippen molar-refractivity contribution in [1.29, 1.82) is 0 Å². The van der Waals surface area contributed by atoms with Crippen LogP contribution in [0.1, 0.15) is 17.5 Å². The summed E-state index contributed by atoms with van der Waals surface area (Å²) in [5.41, 5.74) is 10.9. The van der Waals surface area contributed by atoms with Crippen molar-refractivity contribution in [2.24, 2.45) is 0 Å². The first-order chi connectivity index (χ1) is 18.8. The molecular weight excluding hydrogens is 464 g/mol. The van der Waals surface area contributed by atoms with E-state index in [9.17, 15) is 0 Å². The molecule has 5 aromatic carbocycles. The van der Waals surface area contributed by atoms with Gasteiger partial charge in [-0.3, -0.25) is 4.90 Å². The highest BCUT2D eigenvalue weighted by atomic mass is 16.4. The molecule has 0 spiro atoms. The third-order valence-corrected chi connectivity index (χ3v) is 7.20. The second kappa shape index (κ2) is 9.53. The summed E-state index contributed by atoms with van der Waals surface area (Å²) in [5.74, 6) is 0. The lowest BCUT2D eigenvalue weighted by molar-refractivity contribution is 0.603. The van der Waals surface area contributed by atoms with Gasteiger partial charge in [0.2, 0.25) is 0 Å². The van der Waals surface area contributed by atoms with Gasteiger partial charge < -0.3 is 4.42 Å². The number of hydrogen-bond acceptors (Lipinski definition) is 3. The molecule has 0 fully saturated rings. The first kappa shape index (κ1) is 22.3. The van der Waals surface area contributed by atoms with Crippen LogP contribution in [0.25, 0.3) is 39.4 Å². The van der Waals surface area contributed by atoms with Gasteiger partial charge >= 0.3 is 6.01 Å². The van der Waals surface area contributed by atoms with E-state index in [2.05, 4.69) is 126 Å². The molecule has 3 heteroatoms. The first-order valence-corrected chi connectivity index (χ1v) is 13.0. The Kier molecular flexibility index (Phi) is 5.60. The van der Waals surface area contributed by atoms with Crippen molar-refractivity contribution in [2.75, 3.05) is 4.90 Å². The number of oxazole rings is 1. The minimum Gasteiger partial charge on any atom is -0.423 e. The van der Waals surface area contributed by atoms with Crippen LogP contribution in [0.4, 0.5) is 17.4 Å². The summed E-state index contributed by atoms with van der Waals surface area (Å²) in [6, 6.07) is 42.8. The number of aromatic nitrogens is 1. The third kappa shape index (κ3) is 3.99. The SMILES string of the molecule is C1=Cc2ccc3nc(N(c4ccc(-c5ccccc5)cc4)c4ccccc4-c4ccccc4)oc3c2CC1. The Bertz CT molecular complexity index is 1750. The fourth-order valence-corrected chi connectivity index (χ4v) is 5.31. The predicted molar refractivity (Wildman–Crippen MR) is 157 cm³/mol. The Balaban J connectivity index is 1.42. The molecule has 7 rings (SSSR count). The monoisotopic (exact) mass is 490 g/mol. The molecule has 1 aromatic heterocycles. The number of rotatable bonds is 5. The van der Waals surface area contributed by atoms with Crippen LogP contribution >= 0.6 is 0 Å². The van der Waals surface area contributed by atoms with Crippen molar-refractivity contribution in [3.63, 3.8) is 0 Å². The highest BCUT2D eigenvalue weighted by molar-refractivity contribution is 5.89. The Hall–Kier alpha value is -4.89. The summed E-state index contributed by atoms with van der Waals surface area (Å²) < 4.78 is 6.62. The summed E-state index contributed by atoms with van der Waals surface area (Å²) in [5, 5.41) is 0. The van der Waals surface area contributed by atoms with Gasteiger partial charge in [-0.25, -0.2) is 0 Å². The molecule has 0 saturated carbocycles. The lowest BCUT2D eigenvalue weighted by Crippen LogP contribution is -2.11. The summed E-state index contributed by atoms with van der Waals surface area (Å²) in [4.78, 5) is 7.17.